The predicted octanol–water partition coefficient (Wildman–Crippen LogP) is 1.43. The Morgan fingerprint density at radius 2 is 2.05 bits per heavy atom. The molecule has 7 heteroatoms. The van der Waals surface area contributed by atoms with Crippen molar-refractivity contribution in [2.45, 2.75) is 46.6 Å². The van der Waals surface area contributed by atoms with Gasteiger partial charge in [0.2, 0.25) is 5.65 Å². The molecule has 21 heavy (non-hydrogen) atoms. The van der Waals surface area contributed by atoms with Crippen molar-refractivity contribution in [3.8, 4) is 0 Å². The molecule has 3 heterocycles. The molecule has 0 fully saturated rings. The number of imidazole rings is 1. The van der Waals surface area contributed by atoms with Gasteiger partial charge in [0.05, 0.1) is 5.52 Å². The van der Waals surface area contributed by atoms with Gasteiger partial charge in [-0.2, -0.15) is 4.52 Å². The zero-order chi connectivity index (χ0) is 15.0. The van der Waals surface area contributed by atoms with Crippen molar-refractivity contribution in [2.75, 3.05) is 6.61 Å². The van der Waals surface area contributed by atoms with E-state index in [9.17, 15) is 0 Å². The third-order valence-electron chi connectivity index (χ3n) is 3.96. The molecule has 0 saturated carbocycles. The SMILES string of the molecule is CCCc1nc2c(c(C)c(C)n3nnnc23)n1CCCO. The number of hydrogen-bond acceptors (Lipinski definition) is 5. The second kappa shape index (κ2) is 5.40. The summed E-state index contributed by atoms with van der Waals surface area (Å²) in [5.74, 6) is 1.04. The Bertz CT molecular complexity index is 788. The van der Waals surface area contributed by atoms with Crippen molar-refractivity contribution >= 4 is 16.7 Å². The Morgan fingerprint density at radius 1 is 1.24 bits per heavy atom. The molecule has 7 nitrogen and oxygen atoms in total. The zero-order valence-corrected chi connectivity index (χ0v) is 12.7. The molecular weight excluding hydrogens is 268 g/mol. The van der Waals surface area contributed by atoms with E-state index in [2.05, 4.69) is 33.9 Å². The first-order valence-corrected chi connectivity index (χ1v) is 7.36. The number of hydrogen-bond donors (Lipinski definition) is 1. The summed E-state index contributed by atoms with van der Waals surface area (Å²) in [7, 11) is 0. The molecule has 0 radical (unpaired) electrons. The van der Waals surface area contributed by atoms with Crippen LogP contribution in [-0.2, 0) is 13.0 Å². The van der Waals surface area contributed by atoms with Gasteiger partial charge >= 0.3 is 0 Å². The minimum atomic E-state index is 0.179. The molecule has 1 N–H and O–H groups in total. The summed E-state index contributed by atoms with van der Waals surface area (Å²) in [5, 5.41) is 21.1. The summed E-state index contributed by atoms with van der Waals surface area (Å²) in [6, 6.07) is 0. The van der Waals surface area contributed by atoms with Crippen LogP contribution in [0, 0.1) is 13.8 Å². The number of aryl methyl sites for hydroxylation is 4. The number of aliphatic hydroxyl groups excluding tert-OH is 1. The summed E-state index contributed by atoms with van der Waals surface area (Å²) in [4.78, 5) is 4.78. The van der Waals surface area contributed by atoms with Gasteiger partial charge in [-0.15, -0.1) is 5.10 Å². The Hall–Kier alpha value is -2.02. The highest BCUT2D eigenvalue weighted by Gasteiger charge is 2.19. The minimum Gasteiger partial charge on any atom is -0.396 e. The fourth-order valence-corrected chi connectivity index (χ4v) is 2.81. The summed E-state index contributed by atoms with van der Waals surface area (Å²) >= 11 is 0. The van der Waals surface area contributed by atoms with Gasteiger partial charge < -0.3 is 9.67 Å². The molecule has 0 atom stereocenters. The lowest BCUT2D eigenvalue weighted by Gasteiger charge is -2.11. The van der Waals surface area contributed by atoms with E-state index in [1.165, 1.54) is 0 Å². The monoisotopic (exact) mass is 288 g/mol. The Labute approximate surface area is 122 Å². The standard InChI is InChI=1S/C14H20N6O/c1-4-6-11-15-12-13(19(11)7-5-8-21)9(2)10(3)20-14(12)16-17-18-20/h21H,4-8H2,1-3H3. The maximum atomic E-state index is 9.15. The molecule has 3 rings (SSSR count). The second-order valence-electron chi connectivity index (χ2n) is 5.33. The predicted molar refractivity (Wildman–Crippen MR) is 79.2 cm³/mol. The van der Waals surface area contributed by atoms with Crippen LogP contribution in [0.1, 0.15) is 36.8 Å². The molecule has 0 amide bonds. The number of tetrazole rings is 1. The van der Waals surface area contributed by atoms with Crippen molar-refractivity contribution < 1.29 is 5.11 Å². The molecule has 0 spiro atoms. The van der Waals surface area contributed by atoms with Gasteiger partial charge in [-0.25, -0.2) is 4.98 Å². The molecule has 0 unspecified atom stereocenters. The van der Waals surface area contributed by atoms with Crippen LogP contribution in [0.4, 0.5) is 0 Å². The maximum absolute atomic E-state index is 9.15. The van der Waals surface area contributed by atoms with Gasteiger partial charge in [0.1, 0.15) is 11.3 Å². The number of nitrogens with zero attached hydrogens (tertiary/aromatic N) is 6. The van der Waals surface area contributed by atoms with E-state index in [1.807, 2.05) is 6.92 Å². The van der Waals surface area contributed by atoms with E-state index in [1.54, 1.807) is 4.52 Å². The molecule has 112 valence electrons. The Balaban J connectivity index is 2.35. The molecule has 3 aromatic rings. The summed E-state index contributed by atoms with van der Waals surface area (Å²) < 4.78 is 3.96. The van der Waals surface area contributed by atoms with E-state index in [0.717, 1.165) is 53.9 Å². The number of rotatable bonds is 5. The summed E-state index contributed by atoms with van der Waals surface area (Å²) in [6.45, 7) is 7.17. The smallest absolute Gasteiger partial charge is 0.207 e. The molecule has 3 aromatic heterocycles. The van der Waals surface area contributed by atoms with E-state index >= 15 is 0 Å². The van der Waals surface area contributed by atoms with E-state index in [4.69, 9.17) is 10.1 Å². The molecule has 0 aliphatic heterocycles. The van der Waals surface area contributed by atoms with Crippen LogP contribution in [-0.4, -0.2) is 41.3 Å². The highest BCUT2D eigenvalue weighted by atomic mass is 16.3. The van der Waals surface area contributed by atoms with Crippen LogP contribution in [0.3, 0.4) is 0 Å². The second-order valence-corrected chi connectivity index (χ2v) is 5.33. The fourth-order valence-electron chi connectivity index (χ4n) is 2.81. The van der Waals surface area contributed by atoms with E-state index in [0.29, 0.717) is 5.65 Å². The first-order chi connectivity index (χ1) is 10.2. The number of pyridine rings is 1. The van der Waals surface area contributed by atoms with Gasteiger partial charge in [0.25, 0.3) is 0 Å². The van der Waals surface area contributed by atoms with Gasteiger partial charge in [0.15, 0.2) is 0 Å². The van der Waals surface area contributed by atoms with Crippen molar-refractivity contribution in [2.24, 2.45) is 0 Å². The van der Waals surface area contributed by atoms with Crippen molar-refractivity contribution in [3.63, 3.8) is 0 Å². The molecule has 0 bridgehead atoms. The lowest BCUT2D eigenvalue weighted by Crippen LogP contribution is -2.07. The molecule has 0 aromatic carbocycles. The highest BCUT2D eigenvalue weighted by molar-refractivity contribution is 5.91. The molecule has 0 aliphatic rings. The highest BCUT2D eigenvalue weighted by Crippen LogP contribution is 2.26. The minimum absolute atomic E-state index is 0.179. The van der Waals surface area contributed by atoms with E-state index in [-0.39, 0.29) is 6.61 Å². The normalized spacial score (nSPS) is 11.8. The topological polar surface area (TPSA) is 81.1 Å². The first kappa shape index (κ1) is 13.9. The van der Waals surface area contributed by atoms with Gasteiger partial charge in [-0.05, 0) is 42.7 Å². The average Bonchev–Trinajstić information content (AvgIpc) is 3.08. The van der Waals surface area contributed by atoms with Gasteiger partial charge in [-0.3, -0.25) is 0 Å². The molecular formula is C14H20N6O. The lowest BCUT2D eigenvalue weighted by molar-refractivity contribution is 0.280. The molecule has 0 aliphatic carbocycles. The number of aromatic nitrogens is 6. The Morgan fingerprint density at radius 3 is 2.76 bits per heavy atom. The van der Waals surface area contributed by atoms with Gasteiger partial charge in [-0.1, -0.05) is 6.92 Å². The third-order valence-corrected chi connectivity index (χ3v) is 3.96. The first-order valence-electron chi connectivity index (χ1n) is 7.36. The molecule has 0 saturated heterocycles. The maximum Gasteiger partial charge on any atom is 0.207 e. The van der Waals surface area contributed by atoms with Crippen LogP contribution in [0.5, 0.6) is 0 Å². The fraction of sp³-hybridized carbons (Fsp3) is 0.571. The van der Waals surface area contributed by atoms with Crippen LogP contribution in [0.15, 0.2) is 0 Å². The quantitative estimate of drug-likeness (QED) is 0.768. The number of aliphatic hydroxyl groups is 1. The lowest BCUT2D eigenvalue weighted by atomic mass is 10.2. The number of fused-ring (bicyclic) bond motifs is 3. The van der Waals surface area contributed by atoms with Crippen LogP contribution < -0.4 is 0 Å². The van der Waals surface area contributed by atoms with Crippen LogP contribution >= 0.6 is 0 Å². The van der Waals surface area contributed by atoms with Crippen LogP contribution in [0.25, 0.3) is 16.7 Å². The summed E-state index contributed by atoms with van der Waals surface area (Å²) in [5.41, 5.74) is 4.80. The Kier molecular flexibility index (Phi) is 3.59. The van der Waals surface area contributed by atoms with E-state index < -0.39 is 0 Å². The van der Waals surface area contributed by atoms with Gasteiger partial charge in [0, 0.05) is 25.3 Å². The zero-order valence-electron chi connectivity index (χ0n) is 12.7. The van der Waals surface area contributed by atoms with Crippen molar-refractivity contribution in [1.82, 2.24) is 29.6 Å². The average molecular weight is 288 g/mol. The summed E-state index contributed by atoms with van der Waals surface area (Å²) in [6.07, 6.45) is 2.66. The van der Waals surface area contributed by atoms with Crippen molar-refractivity contribution in [1.29, 1.82) is 0 Å². The van der Waals surface area contributed by atoms with Crippen molar-refractivity contribution in [3.05, 3.63) is 17.1 Å². The third kappa shape index (κ3) is 2.08. The van der Waals surface area contributed by atoms with Crippen LogP contribution in [0.2, 0.25) is 0 Å². The largest absolute Gasteiger partial charge is 0.396 e.